The fourth-order valence-corrected chi connectivity index (χ4v) is 1.92. The van der Waals surface area contributed by atoms with Crippen molar-refractivity contribution in [1.82, 2.24) is 0 Å². The van der Waals surface area contributed by atoms with E-state index in [4.69, 9.17) is 0 Å². The Morgan fingerprint density at radius 3 is 2.80 bits per heavy atom. The molecule has 0 aliphatic rings. The summed E-state index contributed by atoms with van der Waals surface area (Å²) in [5, 5.41) is 0. The highest BCUT2D eigenvalue weighted by molar-refractivity contribution is 9.11. The van der Waals surface area contributed by atoms with Gasteiger partial charge in [0.2, 0.25) is 0 Å². The van der Waals surface area contributed by atoms with Gasteiger partial charge in [0.25, 0.3) is 0 Å². The maximum Gasteiger partial charge on any atom is 0.0704 e. The highest BCUT2D eigenvalue weighted by atomic mass is 79.9. The van der Waals surface area contributed by atoms with Gasteiger partial charge in [-0.2, -0.15) is 0 Å². The minimum Gasteiger partial charge on any atom is -0.129 e. The van der Waals surface area contributed by atoms with E-state index in [0.29, 0.717) is 0 Å². The number of hydrogen-bond donors (Lipinski definition) is 0. The summed E-state index contributed by atoms with van der Waals surface area (Å²) >= 11 is 5.09. The van der Waals surface area contributed by atoms with Gasteiger partial charge >= 0.3 is 0 Å². The molecule has 1 aromatic rings. The average molecular weight is 215 g/mol. The summed E-state index contributed by atoms with van der Waals surface area (Å²) in [6.07, 6.45) is 5.73. The second-order valence-electron chi connectivity index (χ2n) is 1.74. The molecule has 0 atom stereocenters. The van der Waals surface area contributed by atoms with Crippen molar-refractivity contribution in [1.29, 1.82) is 0 Å². The summed E-state index contributed by atoms with van der Waals surface area (Å²) in [6.45, 7) is 3.59. The summed E-state index contributed by atoms with van der Waals surface area (Å²) in [6, 6.07) is 4.10. The van der Waals surface area contributed by atoms with E-state index >= 15 is 0 Å². The lowest BCUT2D eigenvalue weighted by Crippen LogP contribution is -1.51. The molecule has 0 bridgehead atoms. The van der Waals surface area contributed by atoms with Crippen LogP contribution in [0.3, 0.4) is 0 Å². The molecule has 0 fully saturated rings. The Kier molecular flexibility index (Phi) is 2.90. The second-order valence-corrected chi connectivity index (χ2v) is 4.23. The van der Waals surface area contributed by atoms with Crippen LogP contribution in [0.25, 0.3) is 6.08 Å². The third kappa shape index (κ3) is 2.12. The predicted octanol–water partition coefficient (Wildman–Crippen LogP) is 3.71. The standard InChI is InChI=1S/C8H7BrS/c1-2-3-4-7-5-6-8(9)10-7/h2-6H,1H2/b4-3+. The second kappa shape index (κ2) is 3.74. The van der Waals surface area contributed by atoms with Crippen molar-refractivity contribution in [3.05, 3.63) is 39.5 Å². The first-order chi connectivity index (χ1) is 4.83. The predicted molar refractivity (Wildman–Crippen MR) is 51.3 cm³/mol. The van der Waals surface area contributed by atoms with E-state index in [1.54, 1.807) is 17.4 Å². The van der Waals surface area contributed by atoms with Crippen LogP contribution >= 0.6 is 27.3 Å². The molecule has 0 aliphatic carbocycles. The van der Waals surface area contributed by atoms with Crippen LogP contribution in [0.4, 0.5) is 0 Å². The first kappa shape index (κ1) is 7.76. The maximum absolute atomic E-state index is 3.59. The van der Waals surface area contributed by atoms with Crippen molar-refractivity contribution in [3.63, 3.8) is 0 Å². The molecule has 52 valence electrons. The van der Waals surface area contributed by atoms with E-state index in [2.05, 4.69) is 28.6 Å². The van der Waals surface area contributed by atoms with Gasteiger partial charge in [-0.05, 0) is 34.1 Å². The van der Waals surface area contributed by atoms with Crippen molar-refractivity contribution < 1.29 is 0 Å². The molecule has 0 spiro atoms. The quantitative estimate of drug-likeness (QED) is 0.659. The van der Waals surface area contributed by atoms with Crippen molar-refractivity contribution in [2.24, 2.45) is 0 Å². The molecule has 1 aromatic heterocycles. The molecule has 0 radical (unpaired) electrons. The van der Waals surface area contributed by atoms with Crippen LogP contribution in [-0.2, 0) is 0 Å². The van der Waals surface area contributed by atoms with E-state index in [0.717, 1.165) is 3.79 Å². The van der Waals surface area contributed by atoms with E-state index in [9.17, 15) is 0 Å². The lowest BCUT2D eigenvalue weighted by atomic mass is 10.4. The summed E-state index contributed by atoms with van der Waals surface area (Å²) in [5.41, 5.74) is 0. The molecule has 0 nitrogen and oxygen atoms in total. The minimum atomic E-state index is 1.16. The largest absolute Gasteiger partial charge is 0.129 e. The topological polar surface area (TPSA) is 0 Å². The fourth-order valence-electron chi connectivity index (χ4n) is 0.581. The first-order valence-corrected chi connectivity index (χ1v) is 4.48. The fraction of sp³-hybridized carbons (Fsp3) is 0. The maximum atomic E-state index is 3.59. The number of rotatable bonds is 2. The molecule has 0 amide bonds. The zero-order chi connectivity index (χ0) is 7.40. The van der Waals surface area contributed by atoms with Crippen LogP contribution in [0.15, 0.2) is 34.7 Å². The Hall–Kier alpha value is -0.340. The molecular formula is C8H7BrS. The Labute approximate surface area is 73.0 Å². The molecule has 1 rings (SSSR count). The normalized spacial score (nSPS) is 10.5. The molecule has 0 aromatic carbocycles. The number of hydrogen-bond acceptors (Lipinski definition) is 1. The van der Waals surface area contributed by atoms with Gasteiger partial charge in [-0.15, -0.1) is 11.3 Å². The van der Waals surface area contributed by atoms with Crippen molar-refractivity contribution in [2.45, 2.75) is 0 Å². The first-order valence-electron chi connectivity index (χ1n) is 2.87. The highest BCUT2D eigenvalue weighted by Gasteiger charge is 1.89. The Morgan fingerprint density at radius 1 is 1.50 bits per heavy atom. The molecule has 0 saturated heterocycles. The molecule has 0 unspecified atom stereocenters. The van der Waals surface area contributed by atoms with Gasteiger partial charge in [0.05, 0.1) is 3.79 Å². The molecule has 1 heterocycles. The molecule has 0 N–H and O–H groups in total. The van der Waals surface area contributed by atoms with Crippen molar-refractivity contribution in [2.75, 3.05) is 0 Å². The van der Waals surface area contributed by atoms with Gasteiger partial charge < -0.3 is 0 Å². The zero-order valence-corrected chi connectivity index (χ0v) is 7.78. The van der Waals surface area contributed by atoms with Gasteiger partial charge in [0, 0.05) is 4.88 Å². The molecule has 10 heavy (non-hydrogen) atoms. The molecule has 0 aliphatic heterocycles. The van der Waals surface area contributed by atoms with Crippen LogP contribution in [0.5, 0.6) is 0 Å². The van der Waals surface area contributed by atoms with Crippen LogP contribution in [0.1, 0.15) is 4.88 Å². The monoisotopic (exact) mass is 214 g/mol. The van der Waals surface area contributed by atoms with E-state index in [1.165, 1.54) is 4.88 Å². The summed E-state index contributed by atoms with van der Waals surface area (Å²) in [7, 11) is 0. The Balaban J connectivity index is 2.75. The number of halogens is 1. The third-order valence-corrected chi connectivity index (χ3v) is 2.58. The van der Waals surface area contributed by atoms with Crippen molar-refractivity contribution >= 4 is 33.3 Å². The lowest BCUT2D eigenvalue weighted by molar-refractivity contribution is 1.91. The van der Waals surface area contributed by atoms with E-state index in [1.807, 2.05) is 18.2 Å². The Bertz CT molecular complexity index is 248. The highest BCUT2D eigenvalue weighted by Crippen LogP contribution is 2.22. The summed E-state index contributed by atoms with van der Waals surface area (Å²) < 4.78 is 1.16. The summed E-state index contributed by atoms with van der Waals surface area (Å²) in [5.74, 6) is 0. The Morgan fingerprint density at radius 2 is 2.30 bits per heavy atom. The van der Waals surface area contributed by atoms with Crippen LogP contribution in [0, 0.1) is 0 Å². The van der Waals surface area contributed by atoms with Crippen LogP contribution in [0.2, 0.25) is 0 Å². The van der Waals surface area contributed by atoms with Gasteiger partial charge in [-0.3, -0.25) is 0 Å². The molecule has 2 heteroatoms. The summed E-state index contributed by atoms with van der Waals surface area (Å²) in [4.78, 5) is 1.24. The van der Waals surface area contributed by atoms with Gasteiger partial charge in [0.15, 0.2) is 0 Å². The van der Waals surface area contributed by atoms with Gasteiger partial charge in [0.1, 0.15) is 0 Å². The molecule has 0 saturated carbocycles. The van der Waals surface area contributed by atoms with E-state index in [-0.39, 0.29) is 0 Å². The van der Waals surface area contributed by atoms with Crippen molar-refractivity contribution in [3.8, 4) is 0 Å². The van der Waals surface area contributed by atoms with E-state index < -0.39 is 0 Å². The SMILES string of the molecule is C=C/C=C/c1ccc(Br)s1. The average Bonchev–Trinajstić information content (AvgIpc) is 2.31. The zero-order valence-electron chi connectivity index (χ0n) is 5.38. The smallest absolute Gasteiger partial charge is 0.0704 e. The van der Waals surface area contributed by atoms with Gasteiger partial charge in [-0.25, -0.2) is 0 Å². The molecular weight excluding hydrogens is 208 g/mol. The number of thiophene rings is 1. The minimum absolute atomic E-state index is 1.16. The van der Waals surface area contributed by atoms with Crippen LogP contribution in [-0.4, -0.2) is 0 Å². The van der Waals surface area contributed by atoms with Gasteiger partial charge in [-0.1, -0.05) is 18.7 Å². The van der Waals surface area contributed by atoms with Crippen LogP contribution < -0.4 is 0 Å². The lowest BCUT2D eigenvalue weighted by Gasteiger charge is -1.77. The number of allylic oxidation sites excluding steroid dienone is 2. The third-order valence-electron chi connectivity index (χ3n) is 0.991.